The van der Waals surface area contributed by atoms with E-state index >= 15 is 0 Å². The Morgan fingerprint density at radius 3 is 2.60 bits per heavy atom. The summed E-state index contributed by atoms with van der Waals surface area (Å²) in [5, 5.41) is 7.28. The number of carbonyl (C=O) groups is 2. The molecule has 8 heteroatoms. The molecule has 134 valence electrons. The highest BCUT2D eigenvalue weighted by atomic mass is 35.5. The summed E-state index contributed by atoms with van der Waals surface area (Å²) in [6.07, 6.45) is 0. The molecule has 0 aliphatic heterocycles. The van der Waals surface area contributed by atoms with Crippen LogP contribution in [0.2, 0.25) is 5.02 Å². The lowest BCUT2D eigenvalue weighted by Crippen LogP contribution is -2.24. The molecule has 0 bridgehead atoms. The predicted octanol–water partition coefficient (Wildman–Crippen LogP) is 2.56. The minimum absolute atomic E-state index is 0.332. The van der Waals surface area contributed by atoms with Crippen LogP contribution in [0.25, 0.3) is 0 Å². The van der Waals surface area contributed by atoms with Crippen LogP contribution >= 0.6 is 11.6 Å². The lowest BCUT2D eigenvalue weighted by atomic mass is 10.2. The van der Waals surface area contributed by atoms with E-state index in [1.165, 1.54) is 0 Å². The van der Waals surface area contributed by atoms with E-state index in [9.17, 15) is 9.59 Å². The molecule has 7 nitrogen and oxygen atoms in total. The third kappa shape index (κ3) is 4.96. The van der Waals surface area contributed by atoms with Crippen molar-refractivity contribution in [2.24, 2.45) is 7.05 Å². The first-order chi connectivity index (χ1) is 11.8. The van der Waals surface area contributed by atoms with Gasteiger partial charge < -0.3 is 14.8 Å². The number of benzene rings is 1. The Morgan fingerprint density at radius 1 is 1.24 bits per heavy atom. The second-order valence-corrected chi connectivity index (χ2v) is 6.01. The molecule has 0 aliphatic rings. The lowest BCUT2D eigenvalue weighted by Gasteiger charge is -2.09. The smallest absolute Gasteiger partial charge is 0.344 e. The first kappa shape index (κ1) is 18.8. The molecule has 1 aromatic heterocycles. The first-order valence-electron chi connectivity index (χ1n) is 7.62. The standard InChI is InChI=1S/C17H20ClN3O4/c1-10-5-6-13(18)14(7-10)24-9-16(23)25-8-15(22)19-17-11(2)20-21(4)12(17)3/h5-7H,8-9H2,1-4H3,(H,19,22). The van der Waals surface area contributed by atoms with Crippen LogP contribution in [-0.4, -0.2) is 34.9 Å². The third-order valence-electron chi connectivity index (χ3n) is 3.57. The summed E-state index contributed by atoms with van der Waals surface area (Å²) in [6.45, 7) is 4.77. The van der Waals surface area contributed by atoms with Crippen LogP contribution < -0.4 is 10.1 Å². The van der Waals surface area contributed by atoms with Crippen molar-refractivity contribution >= 4 is 29.2 Å². The fraction of sp³-hybridized carbons (Fsp3) is 0.353. The van der Waals surface area contributed by atoms with Crippen molar-refractivity contribution in [2.45, 2.75) is 20.8 Å². The first-order valence-corrected chi connectivity index (χ1v) is 8.00. The second-order valence-electron chi connectivity index (χ2n) is 5.60. The van der Waals surface area contributed by atoms with Crippen LogP contribution in [-0.2, 0) is 21.4 Å². The maximum atomic E-state index is 11.9. The van der Waals surface area contributed by atoms with Gasteiger partial charge in [-0.2, -0.15) is 5.10 Å². The molecule has 25 heavy (non-hydrogen) atoms. The van der Waals surface area contributed by atoms with Crippen LogP contribution in [0.15, 0.2) is 18.2 Å². The number of hydrogen-bond acceptors (Lipinski definition) is 5. The van der Waals surface area contributed by atoms with E-state index < -0.39 is 18.5 Å². The molecule has 0 unspecified atom stereocenters. The van der Waals surface area contributed by atoms with Gasteiger partial charge in [0.25, 0.3) is 5.91 Å². The number of ether oxygens (including phenoxy) is 2. The molecule has 0 atom stereocenters. The number of anilines is 1. The maximum Gasteiger partial charge on any atom is 0.344 e. The minimum Gasteiger partial charge on any atom is -0.480 e. The Labute approximate surface area is 150 Å². The lowest BCUT2D eigenvalue weighted by molar-refractivity contribution is -0.149. The van der Waals surface area contributed by atoms with Crippen LogP contribution in [0.4, 0.5) is 5.69 Å². The third-order valence-corrected chi connectivity index (χ3v) is 3.88. The second kappa shape index (κ2) is 8.02. The van der Waals surface area contributed by atoms with Crippen LogP contribution in [0, 0.1) is 20.8 Å². The zero-order chi connectivity index (χ0) is 18.6. The molecule has 0 aliphatic carbocycles. The molecule has 0 saturated carbocycles. The highest BCUT2D eigenvalue weighted by Crippen LogP contribution is 2.25. The molecular weight excluding hydrogens is 346 g/mol. The summed E-state index contributed by atoms with van der Waals surface area (Å²) in [5.74, 6) is -0.710. The summed E-state index contributed by atoms with van der Waals surface area (Å²) in [5.41, 5.74) is 3.08. The number of rotatable bonds is 6. The fourth-order valence-electron chi connectivity index (χ4n) is 2.18. The summed E-state index contributed by atoms with van der Waals surface area (Å²) < 4.78 is 11.9. The highest BCUT2D eigenvalue weighted by molar-refractivity contribution is 6.32. The number of nitrogens with zero attached hydrogens (tertiary/aromatic N) is 2. The number of aromatic nitrogens is 2. The topological polar surface area (TPSA) is 82.4 Å². The number of amides is 1. The van der Waals surface area contributed by atoms with Crippen molar-refractivity contribution in [2.75, 3.05) is 18.5 Å². The maximum absolute atomic E-state index is 11.9. The van der Waals surface area contributed by atoms with E-state index in [4.69, 9.17) is 21.1 Å². The molecule has 0 radical (unpaired) electrons. The zero-order valence-electron chi connectivity index (χ0n) is 14.6. The summed E-state index contributed by atoms with van der Waals surface area (Å²) >= 11 is 5.98. The van der Waals surface area contributed by atoms with Gasteiger partial charge in [-0.05, 0) is 38.5 Å². The summed E-state index contributed by atoms with van der Waals surface area (Å²) in [7, 11) is 1.78. The van der Waals surface area contributed by atoms with E-state index in [-0.39, 0.29) is 6.61 Å². The van der Waals surface area contributed by atoms with Gasteiger partial charge in [-0.1, -0.05) is 17.7 Å². The van der Waals surface area contributed by atoms with Crippen LogP contribution in [0.1, 0.15) is 17.0 Å². The molecule has 2 aromatic rings. The van der Waals surface area contributed by atoms with Crippen molar-refractivity contribution in [1.29, 1.82) is 0 Å². The Bertz CT molecular complexity index is 801. The molecule has 0 fully saturated rings. The number of esters is 1. The van der Waals surface area contributed by atoms with Gasteiger partial charge in [-0.25, -0.2) is 4.79 Å². The Morgan fingerprint density at radius 2 is 1.96 bits per heavy atom. The van der Waals surface area contributed by atoms with Gasteiger partial charge in [-0.3, -0.25) is 9.48 Å². The van der Waals surface area contributed by atoms with Crippen LogP contribution in [0.3, 0.4) is 0 Å². The van der Waals surface area contributed by atoms with Crippen molar-refractivity contribution in [3.05, 3.63) is 40.2 Å². The van der Waals surface area contributed by atoms with Gasteiger partial charge in [0.2, 0.25) is 0 Å². The average Bonchev–Trinajstić information content (AvgIpc) is 2.80. The van der Waals surface area contributed by atoms with Gasteiger partial charge in [0.15, 0.2) is 13.2 Å². The monoisotopic (exact) mass is 365 g/mol. The number of aryl methyl sites for hydroxylation is 3. The molecular formula is C17H20ClN3O4. The Balaban J connectivity index is 1.81. The normalized spacial score (nSPS) is 10.4. The molecule has 0 saturated heterocycles. The Kier molecular flexibility index (Phi) is 6.03. The van der Waals surface area contributed by atoms with E-state index in [0.717, 1.165) is 11.3 Å². The molecule has 1 amide bonds. The average molecular weight is 366 g/mol. The molecule has 2 rings (SSSR count). The van der Waals surface area contributed by atoms with E-state index in [0.29, 0.717) is 22.2 Å². The van der Waals surface area contributed by atoms with Gasteiger partial charge in [0.1, 0.15) is 5.75 Å². The molecule has 1 aromatic carbocycles. The summed E-state index contributed by atoms with van der Waals surface area (Å²) in [6, 6.07) is 5.24. The largest absolute Gasteiger partial charge is 0.480 e. The predicted molar refractivity (Wildman–Crippen MR) is 94.0 cm³/mol. The van der Waals surface area contributed by atoms with Gasteiger partial charge in [0, 0.05) is 7.05 Å². The van der Waals surface area contributed by atoms with Crippen molar-refractivity contribution in [1.82, 2.24) is 9.78 Å². The minimum atomic E-state index is -0.660. The number of hydrogen-bond donors (Lipinski definition) is 1. The SMILES string of the molecule is Cc1ccc(Cl)c(OCC(=O)OCC(=O)Nc2c(C)nn(C)c2C)c1. The van der Waals surface area contributed by atoms with Crippen LogP contribution in [0.5, 0.6) is 5.75 Å². The zero-order valence-corrected chi connectivity index (χ0v) is 15.3. The molecule has 0 spiro atoms. The number of carbonyl (C=O) groups excluding carboxylic acids is 2. The quantitative estimate of drug-likeness (QED) is 0.795. The van der Waals surface area contributed by atoms with Gasteiger partial charge in [-0.15, -0.1) is 0 Å². The van der Waals surface area contributed by atoms with Crippen molar-refractivity contribution in [3.8, 4) is 5.75 Å². The fourth-order valence-corrected chi connectivity index (χ4v) is 2.35. The van der Waals surface area contributed by atoms with Gasteiger partial charge >= 0.3 is 5.97 Å². The number of halogens is 1. The molecule has 1 N–H and O–H groups in total. The van der Waals surface area contributed by atoms with E-state index in [2.05, 4.69) is 10.4 Å². The molecule has 1 heterocycles. The Hall–Kier alpha value is -2.54. The van der Waals surface area contributed by atoms with E-state index in [1.807, 2.05) is 19.9 Å². The highest BCUT2D eigenvalue weighted by Gasteiger charge is 2.14. The number of nitrogens with one attached hydrogen (secondary N) is 1. The van der Waals surface area contributed by atoms with Gasteiger partial charge in [0.05, 0.1) is 22.1 Å². The van der Waals surface area contributed by atoms with Crippen molar-refractivity contribution < 1.29 is 19.1 Å². The van der Waals surface area contributed by atoms with Crippen molar-refractivity contribution in [3.63, 3.8) is 0 Å². The van der Waals surface area contributed by atoms with E-state index in [1.54, 1.807) is 30.8 Å². The summed E-state index contributed by atoms with van der Waals surface area (Å²) in [4.78, 5) is 23.6.